The van der Waals surface area contributed by atoms with Gasteiger partial charge in [0.15, 0.2) is 6.33 Å². The molecule has 6 nitrogen and oxygen atoms in total. The monoisotopic (exact) mass is 185 g/mol. The molecule has 1 heterocycles. The van der Waals surface area contributed by atoms with Crippen LogP contribution in [-0.4, -0.2) is 39.7 Å². The molecule has 0 aliphatic heterocycles. The number of carboxylic acids is 1. The summed E-state index contributed by atoms with van der Waals surface area (Å²) in [5, 5.41) is 11.9. The molecule has 72 valence electrons. The van der Waals surface area contributed by atoms with Crippen LogP contribution in [0.5, 0.6) is 0 Å². The van der Waals surface area contributed by atoms with E-state index in [4.69, 9.17) is 9.63 Å². The summed E-state index contributed by atoms with van der Waals surface area (Å²) in [4.78, 5) is 15.9. The highest BCUT2D eigenvalue weighted by Gasteiger charge is 2.06. The van der Waals surface area contributed by atoms with Gasteiger partial charge in [0.25, 0.3) is 0 Å². The lowest BCUT2D eigenvalue weighted by atomic mass is 10.4. The van der Waals surface area contributed by atoms with Gasteiger partial charge >= 0.3 is 5.97 Å². The Morgan fingerprint density at radius 2 is 2.54 bits per heavy atom. The summed E-state index contributed by atoms with van der Waals surface area (Å²) in [6, 6.07) is 0. The third kappa shape index (κ3) is 3.66. The van der Waals surface area contributed by atoms with E-state index in [0.717, 1.165) is 0 Å². The summed E-state index contributed by atoms with van der Waals surface area (Å²) in [6.45, 7) is 0.949. The van der Waals surface area contributed by atoms with E-state index < -0.39 is 5.97 Å². The van der Waals surface area contributed by atoms with Gasteiger partial charge in [-0.05, 0) is 7.05 Å². The van der Waals surface area contributed by atoms with Gasteiger partial charge in [0.05, 0.1) is 13.0 Å². The summed E-state index contributed by atoms with van der Waals surface area (Å²) in [7, 11) is 1.80. The van der Waals surface area contributed by atoms with Gasteiger partial charge in [-0.2, -0.15) is 4.98 Å². The molecule has 0 bridgehead atoms. The highest BCUT2D eigenvalue weighted by atomic mass is 16.5. The molecule has 1 aromatic heterocycles. The van der Waals surface area contributed by atoms with Gasteiger partial charge < -0.3 is 9.63 Å². The van der Waals surface area contributed by atoms with Gasteiger partial charge in [-0.1, -0.05) is 5.16 Å². The first kappa shape index (κ1) is 9.66. The average molecular weight is 185 g/mol. The van der Waals surface area contributed by atoms with Gasteiger partial charge in [-0.25, -0.2) is 0 Å². The Kier molecular flexibility index (Phi) is 3.39. The number of carbonyl (C=O) groups is 1. The summed E-state index contributed by atoms with van der Waals surface area (Å²) < 4.78 is 4.76. The lowest BCUT2D eigenvalue weighted by Gasteiger charge is -2.11. The van der Waals surface area contributed by atoms with E-state index in [1.54, 1.807) is 7.05 Å². The van der Waals surface area contributed by atoms with E-state index in [1.165, 1.54) is 6.33 Å². The first-order valence-corrected chi connectivity index (χ1v) is 3.84. The predicted molar refractivity (Wildman–Crippen MR) is 42.9 cm³/mol. The highest BCUT2D eigenvalue weighted by molar-refractivity contribution is 5.66. The second-order valence-electron chi connectivity index (χ2n) is 2.72. The molecule has 6 heteroatoms. The van der Waals surface area contributed by atoms with E-state index in [-0.39, 0.29) is 6.42 Å². The number of hydrogen-bond acceptors (Lipinski definition) is 5. The molecule has 0 atom stereocenters. The molecule has 13 heavy (non-hydrogen) atoms. The molecule has 0 fully saturated rings. The van der Waals surface area contributed by atoms with Crippen LogP contribution >= 0.6 is 0 Å². The third-order valence-electron chi connectivity index (χ3n) is 1.52. The first-order chi connectivity index (χ1) is 6.18. The fraction of sp³-hybridized carbons (Fsp3) is 0.571. The maximum absolute atomic E-state index is 10.2. The maximum Gasteiger partial charge on any atom is 0.304 e. The Morgan fingerprint density at radius 1 is 1.77 bits per heavy atom. The topological polar surface area (TPSA) is 79.5 Å². The second-order valence-corrected chi connectivity index (χ2v) is 2.72. The minimum Gasteiger partial charge on any atom is -0.481 e. The summed E-state index contributed by atoms with van der Waals surface area (Å²) >= 11 is 0. The molecule has 1 aromatic rings. The lowest BCUT2D eigenvalue weighted by Crippen LogP contribution is -2.21. The first-order valence-electron chi connectivity index (χ1n) is 3.84. The summed E-state index contributed by atoms with van der Waals surface area (Å²) in [6.07, 6.45) is 1.44. The van der Waals surface area contributed by atoms with Crippen LogP contribution in [0.25, 0.3) is 0 Å². The minimum atomic E-state index is -0.808. The van der Waals surface area contributed by atoms with Crippen molar-refractivity contribution in [1.29, 1.82) is 0 Å². The minimum absolute atomic E-state index is 0.116. The molecule has 1 N–H and O–H groups in total. The zero-order chi connectivity index (χ0) is 9.68. The number of aromatic nitrogens is 2. The predicted octanol–water partition coefficient (Wildman–Crippen LogP) is -0.0239. The van der Waals surface area contributed by atoms with E-state index >= 15 is 0 Å². The third-order valence-corrected chi connectivity index (χ3v) is 1.52. The van der Waals surface area contributed by atoms with Crippen LogP contribution < -0.4 is 0 Å². The Morgan fingerprint density at radius 3 is 3.08 bits per heavy atom. The largest absolute Gasteiger partial charge is 0.481 e. The molecular formula is C7H11N3O3. The SMILES string of the molecule is CN(CCC(=O)O)Cc1ncno1. The summed E-state index contributed by atoms with van der Waals surface area (Å²) in [5.74, 6) is -0.315. The van der Waals surface area contributed by atoms with E-state index in [9.17, 15) is 4.79 Å². The Balaban J connectivity index is 2.25. The van der Waals surface area contributed by atoms with E-state index in [1.807, 2.05) is 4.90 Å². The van der Waals surface area contributed by atoms with Crippen LogP contribution in [0.2, 0.25) is 0 Å². The number of hydrogen-bond donors (Lipinski definition) is 1. The van der Waals surface area contributed by atoms with Crippen molar-refractivity contribution in [3.8, 4) is 0 Å². The normalized spacial score (nSPS) is 10.6. The number of rotatable bonds is 5. The number of nitrogens with zero attached hydrogens (tertiary/aromatic N) is 3. The molecule has 1 rings (SSSR count). The van der Waals surface area contributed by atoms with Crippen molar-refractivity contribution in [3.63, 3.8) is 0 Å². The average Bonchev–Trinajstić information content (AvgIpc) is 2.53. The van der Waals surface area contributed by atoms with Crippen LogP contribution in [-0.2, 0) is 11.3 Å². The Hall–Kier alpha value is -1.43. The standard InChI is InChI=1S/C7H11N3O3/c1-10(3-2-7(11)12)4-6-8-5-9-13-6/h5H,2-4H2,1H3,(H,11,12). The van der Waals surface area contributed by atoms with Crippen LogP contribution in [0.1, 0.15) is 12.3 Å². The fourth-order valence-electron chi connectivity index (χ4n) is 0.862. The van der Waals surface area contributed by atoms with Crippen molar-refractivity contribution in [1.82, 2.24) is 15.0 Å². The molecule has 0 aromatic carbocycles. The Labute approximate surface area is 75.2 Å². The van der Waals surface area contributed by atoms with E-state index in [2.05, 4.69) is 10.1 Å². The van der Waals surface area contributed by atoms with Crippen molar-refractivity contribution in [2.24, 2.45) is 0 Å². The van der Waals surface area contributed by atoms with Crippen molar-refractivity contribution < 1.29 is 14.4 Å². The van der Waals surface area contributed by atoms with Crippen LogP contribution in [0.4, 0.5) is 0 Å². The van der Waals surface area contributed by atoms with Crippen LogP contribution in [0, 0.1) is 0 Å². The van der Waals surface area contributed by atoms with Crippen molar-refractivity contribution >= 4 is 5.97 Å². The van der Waals surface area contributed by atoms with Gasteiger partial charge in [0, 0.05) is 6.54 Å². The Bertz CT molecular complexity index is 260. The van der Waals surface area contributed by atoms with Gasteiger partial charge in [0.1, 0.15) is 0 Å². The highest BCUT2D eigenvalue weighted by Crippen LogP contribution is 1.97. The lowest BCUT2D eigenvalue weighted by molar-refractivity contribution is -0.137. The van der Waals surface area contributed by atoms with Crippen LogP contribution in [0.3, 0.4) is 0 Å². The van der Waals surface area contributed by atoms with Gasteiger partial charge in [-0.15, -0.1) is 0 Å². The molecular weight excluding hydrogens is 174 g/mol. The molecule has 0 amide bonds. The fourth-order valence-corrected chi connectivity index (χ4v) is 0.862. The molecule has 0 unspecified atom stereocenters. The molecule has 0 radical (unpaired) electrons. The van der Waals surface area contributed by atoms with Crippen molar-refractivity contribution in [2.45, 2.75) is 13.0 Å². The van der Waals surface area contributed by atoms with Crippen molar-refractivity contribution in [3.05, 3.63) is 12.2 Å². The molecule has 0 saturated carbocycles. The van der Waals surface area contributed by atoms with E-state index in [0.29, 0.717) is 19.0 Å². The summed E-state index contributed by atoms with van der Waals surface area (Å²) in [5.41, 5.74) is 0. The van der Waals surface area contributed by atoms with Crippen LogP contribution in [0.15, 0.2) is 10.9 Å². The number of aliphatic carboxylic acids is 1. The zero-order valence-corrected chi connectivity index (χ0v) is 7.30. The molecule has 0 aliphatic carbocycles. The van der Waals surface area contributed by atoms with Gasteiger partial charge in [0.2, 0.25) is 5.89 Å². The number of carboxylic acid groups (broad SMARTS) is 1. The molecule has 0 aliphatic rings. The van der Waals surface area contributed by atoms with Crippen molar-refractivity contribution in [2.75, 3.05) is 13.6 Å². The zero-order valence-electron chi connectivity index (χ0n) is 7.30. The second kappa shape index (κ2) is 4.56. The quantitative estimate of drug-likeness (QED) is 0.694. The van der Waals surface area contributed by atoms with Gasteiger partial charge in [-0.3, -0.25) is 9.69 Å². The maximum atomic E-state index is 10.2. The smallest absolute Gasteiger partial charge is 0.304 e. The molecule has 0 saturated heterocycles. The molecule has 0 spiro atoms.